The fourth-order valence-corrected chi connectivity index (χ4v) is 2.81. The minimum atomic E-state index is -0.406. The summed E-state index contributed by atoms with van der Waals surface area (Å²) in [5.41, 5.74) is 2.66. The lowest BCUT2D eigenvalue weighted by atomic mass is 9.77. The van der Waals surface area contributed by atoms with Crippen molar-refractivity contribution in [2.75, 3.05) is 0 Å². The normalized spacial score (nSPS) is 18.7. The summed E-state index contributed by atoms with van der Waals surface area (Å²) in [5.74, 6) is 2.00. The lowest BCUT2D eigenvalue weighted by Crippen LogP contribution is -2.19. The molecule has 2 aromatic rings. The molecule has 106 valence electrons. The number of nitrogens with zero attached hydrogens (tertiary/aromatic N) is 2. The van der Waals surface area contributed by atoms with Crippen LogP contribution in [0.1, 0.15) is 49.0 Å². The van der Waals surface area contributed by atoms with Gasteiger partial charge in [-0.2, -0.15) is 4.98 Å². The summed E-state index contributed by atoms with van der Waals surface area (Å²) in [4.78, 5) is 4.44. The Kier molecular flexibility index (Phi) is 3.57. The van der Waals surface area contributed by atoms with Crippen molar-refractivity contribution in [2.45, 2.75) is 45.1 Å². The van der Waals surface area contributed by atoms with Gasteiger partial charge in [-0.15, -0.1) is 0 Å². The van der Waals surface area contributed by atoms with E-state index < -0.39 is 6.10 Å². The first-order chi connectivity index (χ1) is 9.63. The SMILES string of the molecule is CC(C)CC(O)Cc1nc(C2Cc3ccccc32)no1. The van der Waals surface area contributed by atoms with Gasteiger partial charge in [0.05, 0.1) is 18.4 Å². The molecule has 0 saturated heterocycles. The first-order valence-corrected chi connectivity index (χ1v) is 7.22. The summed E-state index contributed by atoms with van der Waals surface area (Å²) in [6.45, 7) is 4.18. The van der Waals surface area contributed by atoms with Crippen molar-refractivity contribution in [2.24, 2.45) is 5.92 Å². The highest BCUT2D eigenvalue weighted by atomic mass is 16.5. The van der Waals surface area contributed by atoms with Crippen LogP contribution in [0.2, 0.25) is 0 Å². The lowest BCUT2D eigenvalue weighted by molar-refractivity contribution is 0.138. The van der Waals surface area contributed by atoms with Crippen molar-refractivity contribution in [1.29, 1.82) is 0 Å². The van der Waals surface area contributed by atoms with Gasteiger partial charge in [-0.1, -0.05) is 43.3 Å². The minimum absolute atomic E-state index is 0.256. The van der Waals surface area contributed by atoms with E-state index in [1.165, 1.54) is 11.1 Å². The molecule has 1 aliphatic rings. The van der Waals surface area contributed by atoms with E-state index in [4.69, 9.17) is 4.52 Å². The van der Waals surface area contributed by atoms with E-state index in [0.29, 0.717) is 18.2 Å². The monoisotopic (exact) mass is 272 g/mol. The summed E-state index contributed by atoms with van der Waals surface area (Å²) >= 11 is 0. The Balaban J connectivity index is 1.67. The first-order valence-electron chi connectivity index (χ1n) is 7.22. The van der Waals surface area contributed by atoms with E-state index >= 15 is 0 Å². The van der Waals surface area contributed by atoms with Crippen LogP contribution < -0.4 is 0 Å². The average Bonchev–Trinajstić information content (AvgIpc) is 2.77. The second-order valence-corrected chi connectivity index (χ2v) is 5.99. The zero-order chi connectivity index (χ0) is 14.1. The van der Waals surface area contributed by atoms with Crippen LogP contribution in [0.4, 0.5) is 0 Å². The largest absolute Gasteiger partial charge is 0.393 e. The minimum Gasteiger partial charge on any atom is -0.393 e. The Bertz CT molecular complexity index is 592. The van der Waals surface area contributed by atoms with Crippen LogP contribution in [0.15, 0.2) is 28.8 Å². The van der Waals surface area contributed by atoms with Crippen LogP contribution in [0.3, 0.4) is 0 Å². The highest BCUT2D eigenvalue weighted by Crippen LogP contribution is 2.38. The molecule has 0 spiro atoms. The van der Waals surface area contributed by atoms with Gasteiger partial charge in [-0.05, 0) is 29.9 Å². The van der Waals surface area contributed by atoms with E-state index in [1.807, 2.05) is 6.07 Å². The number of benzene rings is 1. The van der Waals surface area contributed by atoms with Gasteiger partial charge in [0.25, 0.3) is 0 Å². The third-order valence-electron chi connectivity index (χ3n) is 3.80. The number of hydrogen-bond donors (Lipinski definition) is 1. The Morgan fingerprint density at radius 3 is 2.90 bits per heavy atom. The van der Waals surface area contributed by atoms with E-state index in [0.717, 1.165) is 18.7 Å². The predicted molar refractivity (Wildman–Crippen MR) is 75.5 cm³/mol. The van der Waals surface area contributed by atoms with Gasteiger partial charge in [0, 0.05) is 0 Å². The number of hydrogen-bond acceptors (Lipinski definition) is 4. The molecular formula is C16H20N2O2. The Labute approximate surface area is 118 Å². The van der Waals surface area contributed by atoms with Crippen molar-refractivity contribution >= 4 is 0 Å². The molecule has 0 saturated carbocycles. The zero-order valence-electron chi connectivity index (χ0n) is 11.9. The van der Waals surface area contributed by atoms with E-state index in [2.05, 4.69) is 42.2 Å². The molecule has 1 aliphatic carbocycles. The van der Waals surface area contributed by atoms with E-state index in [-0.39, 0.29) is 5.92 Å². The van der Waals surface area contributed by atoms with Gasteiger partial charge >= 0.3 is 0 Å². The van der Waals surface area contributed by atoms with Gasteiger partial charge in [-0.25, -0.2) is 0 Å². The fourth-order valence-electron chi connectivity index (χ4n) is 2.81. The number of rotatable bonds is 5. The molecule has 4 nitrogen and oxygen atoms in total. The number of aromatic nitrogens is 2. The van der Waals surface area contributed by atoms with Crippen LogP contribution >= 0.6 is 0 Å². The maximum absolute atomic E-state index is 9.92. The second kappa shape index (κ2) is 5.37. The molecule has 2 atom stereocenters. The molecule has 1 heterocycles. The Morgan fingerprint density at radius 1 is 1.35 bits per heavy atom. The molecule has 1 aromatic heterocycles. The summed E-state index contributed by atoms with van der Waals surface area (Å²) in [6, 6.07) is 8.35. The molecule has 0 bridgehead atoms. The number of fused-ring (bicyclic) bond motifs is 1. The highest BCUT2D eigenvalue weighted by molar-refractivity contribution is 5.43. The standard InChI is InChI=1S/C16H20N2O2/c1-10(2)7-12(19)9-15-17-16(18-20-15)14-8-11-5-3-4-6-13(11)14/h3-6,10,12,14,19H,7-9H2,1-2H3. The molecular weight excluding hydrogens is 252 g/mol. The summed E-state index contributed by atoms with van der Waals surface area (Å²) in [6.07, 6.45) is 1.77. The molecule has 2 unspecified atom stereocenters. The van der Waals surface area contributed by atoms with Crippen LogP contribution in [0.25, 0.3) is 0 Å². The molecule has 0 radical (unpaired) electrons. The van der Waals surface area contributed by atoms with Crippen molar-refractivity contribution in [1.82, 2.24) is 10.1 Å². The summed E-state index contributed by atoms with van der Waals surface area (Å²) < 4.78 is 5.27. The molecule has 0 aliphatic heterocycles. The van der Waals surface area contributed by atoms with Crippen molar-refractivity contribution in [3.05, 3.63) is 47.1 Å². The smallest absolute Gasteiger partial charge is 0.229 e. The second-order valence-electron chi connectivity index (χ2n) is 5.99. The fraction of sp³-hybridized carbons (Fsp3) is 0.500. The molecule has 4 heteroatoms. The molecule has 1 aromatic carbocycles. The maximum atomic E-state index is 9.92. The third-order valence-corrected chi connectivity index (χ3v) is 3.80. The third kappa shape index (κ3) is 2.61. The van der Waals surface area contributed by atoms with Gasteiger partial charge in [0.15, 0.2) is 5.82 Å². The van der Waals surface area contributed by atoms with Gasteiger partial charge < -0.3 is 9.63 Å². The van der Waals surface area contributed by atoms with Crippen LogP contribution in [0.5, 0.6) is 0 Å². The molecule has 0 fully saturated rings. The topological polar surface area (TPSA) is 59.2 Å². The van der Waals surface area contributed by atoms with Gasteiger partial charge in [0.2, 0.25) is 5.89 Å². The Morgan fingerprint density at radius 2 is 2.15 bits per heavy atom. The molecule has 3 rings (SSSR count). The zero-order valence-corrected chi connectivity index (χ0v) is 11.9. The van der Waals surface area contributed by atoms with Crippen molar-refractivity contribution in [3.63, 3.8) is 0 Å². The van der Waals surface area contributed by atoms with Crippen LogP contribution in [0, 0.1) is 5.92 Å². The van der Waals surface area contributed by atoms with Crippen LogP contribution in [-0.2, 0) is 12.8 Å². The predicted octanol–water partition coefficient (Wildman–Crippen LogP) is 2.71. The summed E-state index contributed by atoms with van der Waals surface area (Å²) in [5, 5.41) is 14.0. The maximum Gasteiger partial charge on any atom is 0.229 e. The van der Waals surface area contributed by atoms with Crippen molar-refractivity contribution < 1.29 is 9.63 Å². The lowest BCUT2D eigenvalue weighted by Gasteiger charge is -2.27. The quantitative estimate of drug-likeness (QED) is 0.909. The van der Waals surface area contributed by atoms with Gasteiger partial charge in [-0.3, -0.25) is 0 Å². The number of aliphatic hydroxyl groups excluding tert-OH is 1. The van der Waals surface area contributed by atoms with Gasteiger partial charge in [0.1, 0.15) is 0 Å². The van der Waals surface area contributed by atoms with Crippen molar-refractivity contribution in [3.8, 4) is 0 Å². The molecule has 1 N–H and O–H groups in total. The van der Waals surface area contributed by atoms with E-state index in [1.54, 1.807) is 0 Å². The van der Waals surface area contributed by atoms with Crippen LogP contribution in [-0.4, -0.2) is 21.4 Å². The summed E-state index contributed by atoms with van der Waals surface area (Å²) in [7, 11) is 0. The van der Waals surface area contributed by atoms with E-state index in [9.17, 15) is 5.11 Å². The molecule has 0 amide bonds. The Hall–Kier alpha value is -1.68. The molecule has 20 heavy (non-hydrogen) atoms. The first kappa shape index (κ1) is 13.3. The highest BCUT2D eigenvalue weighted by Gasteiger charge is 2.31. The average molecular weight is 272 g/mol. The number of aliphatic hydroxyl groups is 1.